The molecule has 0 saturated carbocycles. The number of hydrogen-bond donors (Lipinski definition) is 3. The lowest BCUT2D eigenvalue weighted by atomic mass is 10.0. The highest BCUT2D eigenvalue weighted by Gasteiger charge is 2.15. The van der Waals surface area contributed by atoms with Crippen molar-refractivity contribution in [2.45, 2.75) is 6.10 Å². The van der Waals surface area contributed by atoms with Crippen molar-refractivity contribution in [2.24, 2.45) is 0 Å². The minimum absolute atomic E-state index is 0.505. The van der Waals surface area contributed by atoms with Crippen molar-refractivity contribution >= 4 is 11.4 Å². The smallest absolute Gasteiger partial charge is 0.110 e. The van der Waals surface area contributed by atoms with Gasteiger partial charge in [0.1, 0.15) is 6.10 Å². The van der Waals surface area contributed by atoms with Crippen molar-refractivity contribution in [1.29, 1.82) is 0 Å². The van der Waals surface area contributed by atoms with Crippen LogP contribution in [0.5, 0.6) is 0 Å². The zero-order valence-electron chi connectivity index (χ0n) is 8.67. The minimum Gasteiger partial charge on any atom is -0.398 e. The van der Waals surface area contributed by atoms with Crippen LogP contribution in [0.2, 0.25) is 0 Å². The van der Waals surface area contributed by atoms with Gasteiger partial charge in [-0.1, -0.05) is 18.2 Å². The lowest BCUT2D eigenvalue weighted by molar-refractivity contribution is 0.221. The Morgan fingerprint density at radius 2 is 1.69 bits per heavy atom. The van der Waals surface area contributed by atoms with E-state index in [2.05, 4.69) is 4.98 Å². The van der Waals surface area contributed by atoms with E-state index in [9.17, 15) is 5.11 Å². The third-order valence-corrected chi connectivity index (χ3v) is 2.47. The lowest BCUT2D eigenvalue weighted by Crippen LogP contribution is -2.06. The van der Waals surface area contributed by atoms with Gasteiger partial charge in [-0.15, -0.1) is 0 Å². The van der Waals surface area contributed by atoms with E-state index in [1.807, 2.05) is 12.1 Å². The maximum absolute atomic E-state index is 10.2. The molecule has 0 aliphatic heterocycles. The number of nitrogens with two attached hydrogens (primary N) is 2. The predicted molar refractivity (Wildman–Crippen MR) is 63.6 cm³/mol. The first-order valence-electron chi connectivity index (χ1n) is 4.92. The number of nitrogen functional groups attached to an aromatic ring is 2. The maximum atomic E-state index is 10.2. The molecule has 0 amide bonds. The molecule has 0 aliphatic carbocycles. The van der Waals surface area contributed by atoms with Gasteiger partial charge in [0.25, 0.3) is 0 Å². The molecule has 1 unspecified atom stereocenters. The average molecular weight is 215 g/mol. The van der Waals surface area contributed by atoms with Crippen LogP contribution in [-0.2, 0) is 0 Å². The van der Waals surface area contributed by atoms with Crippen LogP contribution >= 0.6 is 0 Å². The molecule has 0 saturated heterocycles. The number of rotatable bonds is 2. The Kier molecular flexibility index (Phi) is 2.74. The number of aliphatic hydroxyl groups excluding tert-OH is 1. The van der Waals surface area contributed by atoms with Crippen molar-refractivity contribution in [3.63, 3.8) is 0 Å². The van der Waals surface area contributed by atoms with Gasteiger partial charge in [0.2, 0.25) is 0 Å². The van der Waals surface area contributed by atoms with E-state index < -0.39 is 6.10 Å². The monoisotopic (exact) mass is 215 g/mol. The quantitative estimate of drug-likeness (QED) is 0.660. The Hall–Kier alpha value is -2.07. The summed E-state index contributed by atoms with van der Waals surface area (Å²) in [7, 11) is 0. The number of benzene rings is 1. The van der Waals surface area contributed by atoms with Crippen LogP contribution in [0.3, 0.4) is 0 Å². The van der Waals surface area contributed by atoms with Crippen LogP contribution < -0.4 is 11.5 Å². The second-order valence-corrected chi connectivity index (χ2v) is 3.54. The number of para-hydroxylation sites is 1. The second-order valence-electron chi connectivity index (χ2n) is 3.54. The zero-order valence-corrected chi connectivity index (χ0v) is 8.67. The van der Waals surface area contributed by atoms with Crippen molar-refractivity contribution in [2.75, 3.05) is 11.5 Å². The summed E-state index contributed by atoms with van der Waals surface area (Å²) in [6.45, 7) is 0. The summed E-state index contributed by atoms with van der Waals surface area (Å²) < 4.78 is 0. The van der Waals surface area contributed by atoms with E-state index in [1.54, 1.807) is 30.6 Å². The fourth-order valence-electron chi connectivity index (χ4n) is 1.57. The van der Waals surface area contributed by atoms with Crippen molar-refractivity contribution in [1.82, 2.24) is 4.98 Å². The number of nitrogens with zero attached hydrogens (tertiary/aromatic N) is 1. The molecule has 0 aliphatic rings. The van der Waals surface area contributed by atoms with E-state index in [0.29, 0.717) is 22.5 Å². The van der Waals surface area contributed by atoms with E-state index in [1.165, 1.54) is 0 Å². The van der Waals surface area contributed by atoms with Crippen molar-refractivity contribution in [3.8, 4) is 0 Å². The number of anilines is 2. The molecule has 1 aromatic carbocycles. The number of hydrogen-bond acceptors (Lipinski definition) is 4. The molecule has 1 heterocycles. The highest BCUT2D eigenvalue weighted by Crippen LogP contribution is 2.28. The molecule has 82 valence electrons. The summed E-state index contributed by atoms with van der Waals surface area (Å²) in [5.41, 5.74) is 13.8. The Bertz CT molecular complexity index is 454. The topological polar surface area (TPSA) is 85.2 Å². The largest absolute Gasteiger partial charge is 0.398 e. The summed E-state index contributed by atoms with van der Waals surface area (Å²) >= 11 is 0. The van der Waals surface area contributed by atoms with Crippen LogP contribution in [0.25, 0.3) is 0 Å². The van der Waals surface area contributed by atoms with Crippen LogP contribution in [0.1, 0.15) is 17.2 Å². The molecule has 5 N–H and O–H groups in total. The summed E-state index contributed by atoms with van der Waals surface area (Å²) in [5, 5.41) is 10.2. The first-order chi connectivity index (χ1) is 7.70. The molecule has 0 spiro atoms. The average Bonchev–Trinajstić information content (AvgIpc) is 2.29. The standard InChI is InChI=1S/C12H13N3O/c13-10-4-2-1-3-8(10)12(16)9-7-15-6-5-11(9)14/h1-7,12,16H,13H2,(H2,14,15). The van der Waals surface area contributed by atoms with Gasteiger partial charge < -0.3 is 16.6 Å². The van der Waals surface area contributed by atoms with Crippen LogP contribution in [0, 0.1) is 0 Å². The summed E-state index contributed by atoms with van der Waals surface area (Å²) in [6.07, 6.45) is 2.29. The molecule has 16 heavy (non-hydrogen) atoms. The molecule has 1 aromatic heterocycles. The highest BCUT2D eigenvalue weighted by atomic mass is 16.3. The minimum atomic E-state index is -0.838. The summed E-state index contributed by atoms with van der Waals surface area (Å²) in [4.78, 5) is 3.94. The predicted octanol–water partition coefficient (Wildman–Crippen LogP) is 1.33. The van der Waals surface area contributed by atoms with Gasteiger partial charge in [0.15, 0.2) is 0 Å². The number of aliphatic hydroxyl groups is 1. The molecule has 1 atom stereocenters. The van der Waals surface area contributed by atoms with E-state index in [-0.39, 0.29) is 0 Å². The molecular weight excluding hydrogens is 202 g/mol. The summed E-state index contributed by atoms with van der Waals surface area (Å²) in [5.74, 6) is 0. The fourth-order valence-corrected chi connectivity index (χ4v) is 1.57. The number of pyridine rings is 1. The zero-order chi connectivity index (χ0) is 11.5. The molecule has 2 rings (SSSR count). The van der Waals surface area contributed by atoms with Crippen LogP contribution in [-0.4, -0.2) is 10.1 Å². The van der Waals surface area contributed by atoms with Gasteiger partial charge in [-0.25, -0.2) is 0 Å². The Balaban J connectivity index is 2.44. The van der Waals surface area contributed by atoms with Gasteiger partial charge in [-0.3, -0.25) is 4.98 Å². The van der Waals surface area contributed by atoms with Gasteiger partial charge in [-0.2, -0.15) is 0 Å². The number of aromatic nitrogens is 1. The van der Waals surface area contributed by atoms with Crippen LogP contribution in [0.15, 0.2) is 42.7 Å². The van der Waals surface area contributed by atoms with Gasteiger partial charge in [0.05, 0.1) is 0 Å². The maximum Gasteiger partial charge on any atom is 0.110 e. The Morgan fingerprint density at radius 3 is 2.38 bits per heavy atom. The third-order valence-electron chi connectivity index (χ3n) is 2.47. The fraction of sp³-hybridized carbons (Fsp3) is 0.0833. The summed E-state index contributed by atoms with van der Waals surface area (Å²) in [6, 6.07) is 8.80. The molecule has 4 heteroatoms. The second kappa shape index (κ2) is 4.20. The molecular formula is C12H13N3O. The van der Waals surface area contributed by atoms with Crippen LogP contribution in [0.4, 0.5) is 11.4 Å². The van der Waals surface area contributed by atoms with Gasteiger partial charge in [0, 0.05) is 34.9 Å². The van der Waals surface area contributed by atoms with Crippen molar-refractivity contribution in [3.05, 3.63) is 53.9 Å². The van der Waals surface area contributed by atoms with Crippen molar-refractivity contribution < 1.29 is 5.11 Å². The molecule has 0 bridgehead atoms. The SMILES string of the molecule is Nc1ccccc1C(O)c1cnccc1N. The highest BCUT2D eigenvalue weighted by molar-refractivity contribution is 5.55. The third kappa shape index (κ3) is 1.83. The van der Waals surface area contributed by atoms with E-state index >= 15 is 0 Å². The molecule has 0 fully saturated rings. The normalized spacial score (nSPS) is 12.3. The lowest BCUT2D eigenvalue weighted by Gasteiger charge is -2.14. The molecule has 2 aromatic rings. The Labute approximate surface area is 93.5 Å². The Morgan fingerprint density at radius 1 is 1.00 bits per heavy atom. The molecule has 0 radical (unpaired) electrons. The molecule has 4 nitrogen and oxygen atoms in total. The van der Waals surface area contributed by atoms with Gasteiger partial charge in [-0.05, 0) is 12.1 Å². The van der Waals surface area contributed by atoms with E-state index in [0.717, 1.165) is 0 Å². The van der Waals surface area contributed by atoms with Gasteiger partial charge >= 0.3 is 0 Å². The van der Waals surface area contributed by atoms with E-state index in [4.69, 9.17) is 11.5 Å². The first-order valence-corrected chi connectivity index (χ1v) is 4.92. The first kappa shape index (κ1) is 10.4.